The van der Waals surface area contributed by atoms with Crippen LogP contribution in [0.4, 0.5) is 5.69 Å². The second-order valence-corrected chi connectivity index (χ2v) is 6.87. The summed E-state index contributed by atoms with van der Waals surface area (Å²) in [4.78, 5) is 21.9. The molecule has 5 nitrogen and oxygen atoms in total. The van der Waals surface area contributed by atoms with Gasteiger partial charge in [0.1, 0.15) is 0 Å². The quantitative estimate of drug-likeness (QED) is 0.749. The minimum atomic E-state index is -0.00547. The summed E-state index contributed by atoms with van der Waals surface area (Å²) >= 11 is 0. The molecular weight excluding hydrogens is 336 g/mol. The van der Waals surface area contributed by atoms with Crippen molar-refractivity contribution in [2.45, 2.75) is 6.42 Å². The van der Waals surface area contributed by atoms with E-state index < -0.39 is 0 Å². The lowest BCUT2D eigenvalue weighted by atomic mass is 10.1. The first-order valence-electron chi connectivity index (χ1n) is 9.02. The number of aromatic nitrogens is 2. The summed E-state index contributed by atoms with van der Waals surface area (Å²) in [5, 5.41) is 2.88. The van der Waals surface area contributed by atoms with Gasteiger partial charge in [-0.25, -0.2) is 0 Å². The van der Waals surface area contributed by atoms with Crippen molar-refractivity contribution in [3.8, 4) is 11.3 Å². The Morgan fingerprint density at radius 2 is 1.89 bits per heavy atom. The van der Waals surface area contributed by atoms with Crippen molar-refractivity contribution in [3.63, 3.8) is 0 Å². The molecule has 0 atom stereocenters. The highest BCUT2D eigenvalue weighted by molar-refractivity contribution is 5.97. The van der Waals surface area contributed by atoms with Crippen LogP contribution in [0.3, 0.4) is 0 Å². The van der Waals surface area contributed by atoms with Crippen molar-refractivity contribution < 1.29 is 4.79 Å². The van der Waals surface area contributed by atoms with E-state index in [0.29, 0.717) is 6.54 Å². The van der Waals surface area contributed by atoms with Crippen LogP contribution in [-0.2, 0) is 6.42 Å². The van der Waals surface area contributed by atoms with Crippen molar-refractivity contribution in [1.82, 2.24) is 15.3 Å². The van der Waals surface area contributed by atoms with Crippen LogP contribution in [0.25, 0.3) is 23.4 Å². The number of amides is 1. The molecule has 1 aromatic carbocycles. The van der Waals surface area contributed by atoms with Gasteiger partial charge in [-0.05, 0) is 42.0 Å². The van der Waals surface area contributed by atoms with Crippen LogP contribution in [0.1, 0.15) is 27.3 Å². The molecule has 136 valence electrons. The Morgan fingerprint density at radius 3 is 2.63 bits per heavy atom. The Morgan fingerprint density at radius 1 is 1.07 bits per heavy atom. The van der Waals surface area contributed by atoms with Gasteiger partial charge in [-0.1, -0.05) is 18.2 Å². The summed E-state index contributed by atoms with van der Waals surface area (Å²) in [6, 6.07) is 14.3. The van der Waals surface area contributed by atoms with Gasteiger partial charge in [-0.2, -0.15) is 0 Å². The molecule has 1 amide bonds. The number of fused-ring (bicyclic) bond motifs is 1. The first-order valence-corrected chi connectivity index (χ1v) is 9.02. The predicted octanol–water partition coefficient (Wildman–Crippen LogP) is 3.60. The van der Waals surface area contributed by atoms with Gasteiger partial charge in [-0.15, -0.1) is 0 Å². The number of carbonyl (C=O) groups excluding carboxylic acids is 1. The summed E-state index contributed by atoms with van der Waals surface area (Å²) in [6.07, 6.45) is 6.69. The predicted molar refractivity (Wildman–Crippen MR) is 110 cm³/mol. The second-order valence-electron chi connectivity index (χ2n) is 6.87. The molecular formula is C22H22N4O. The van der Waals surface area contributed by atoms with Gasteiger partial charge in [0, 0.05) is 55.9 Å². The van der Waals surface area contributed by atoms with Crippen LogP contribution in [0.5, 0.6) is 0 Å². The fourth-order valence-electron chi connectivity index (χ4n) is 3.22. The Hall–Kier alpha value is -3.34. The molecule has 3 heterocycles. The molecule has 0 saturated carbocycles. The highest BCUT2D eigenvalue weighted by Gasteiger charge is 2.19. The van der Waals surface area contributed by atoms with E-state index in [1.807, 2.05) is 38.4 Å². The summed E-state index contributed by atoms with van der Waals surface area (Å²) in [5.74, 6) is -0.00547. The highest BCUT2D eigenvalue weighted by Crippen LogP contribution is 2.24. The number of anilines is 1. The lowest BCUT2D eigenvalue weighted by molar-refractivity contribution is 0.0946. The number of benzene rings is 1. The van der Waals surface area contributed by atoms with Crippen molar-refractivity contribution in [3.05, 3.63) is 71.2 Å². The van der Waals surface area contributed by atoms with Crippen LogP contribution >= 0.6 is 0 Å². The molecule has 0 aliphatic carbocycles. The van der Waals surface area contributed by atoms with E-state index in [0.717, 1.165) is 40.2 Å². The first kappa shape index (κ1) is 17.1. The SMILES string of the molecule is CN(C)c1ccc(C=Cc2cc(-c3cc4c([nH]3)CCNC4=O)ccn2)cc1. The van der Waals surface area contributed by atoms with E-state index in [4.69, 9.17) is 0 Å². The number of pyridine rings is 1. The van der Waals surface area contributed by atoms with Gasteiger partial charge >= 0.3 is 0 Å². The van der Waals surface area contributed by atoms with Gasteiger partial charge in [0.25, 0.3) is 5.91 Å². The molecule has 0 fully saturated rings. The normalized spacial score (nSPS) is 13.5. The lowest BCUT2D eigenvalue weighted by Gasteiger charge is -2.11. The summed E-state index contributed by atoms with van der Waals surface area (Å²) < 4.78 is 0. The molecule has 0 radical (unpaired) electrons. The number of hydrogen-bond acceptors (Lipinski definition) is 3. The number of H-pyrrole nitrogens is 1. The number of nitrogens with zero attached hydrogens (tertiary/aromatic N) is 2. The Labute approximate surface area is 158 Å². The zero-order valence-corrected chi connectivity index (χ0v) is 15.5. The van der Waals surface area contributed by atoms with Crippen molar-refractivity contribution >= 4 is 23.7 Å². The molecule has 3 aromatic rings. The van der Waals surface area contributed by atoms with E-state index in [-0.39, 0.29) is 5.91 Å². The van der Waals surface area contributed by atoms with Crippen molar-refractivity contribution in [2.75, 3.05) is 25.5 Å². The molecule has 5 heteroatoms. The molecule has 0 bridgehead atoms. The first-order chi connectivity index (χ1) is 13.1. The zero-order chi connectivity index (χ0) is 18.8. The third-order valence-corrected chi connectivity index (χ3v) is 4.75. The third-order valence-electron chi connectivity index (χ3n) is 4.75. The number of nitrogens with one attached hydrogen (secondary N) is 2. The summed E-state index contributed by atoms with van der Waals surface area (Å²) in [7, 11) is 4.06. The largest absolute Gasteiger partial charge is 0.378 e. The fraction of sp³-hybridized carbons (Fsp3) is 0.182. The minimum Gasteiger partial charge on any atom is -0.378 e. The van der Waals surface area contributed by atoms with E-state index in [1.54, 1.807) is 6.20 Å². The summed E-state index contributed by atoms with van der Waals surface area (Å²) in [5.41, 5.74) is 6.89. The highest BCUT2D eigenvalue weighted by atomic mass is 16.1. The van der Waals surface area contributed by atoms with E-state index in [1.165, 1.54) is 5.69 Å². The Bertz CT molecular complexity index is 999. The third kappa shape index (κ3) is 3.62. The molecule has 4 rings (SSSR count). The standard InChI is InChI=1S/C22H22N4O/c1-26(2)18-7-4-15(5-8-18)3-6-17-13-16(9-11-23-17)21-14-19-20(25-21)10-12-24-22(19)27/h3-9,11,13-14,25H,10,12H2,1-2H3,(H,24,27). The summed E-state index contributed by atoms with van der Waals surface area (Å²) in [6.45, 7) is 0.683. The number of rotatable bonds is 4. The van der Waals surface area contributed by atoms with E-state index >= 15 is 0 Å². The Kier molecular flexibility index (Phi) is 4.50. The maximum Gasteiger partial charge on any atom is 0.253 e. The maximum atomic E-state index is 12.0. The van der Waals surface area contributed by atoms with Crippen LogP contribution < -0.4 is 10.2 Å². The van der Waals surface area contributed by atoms with E-state index in [9.17, 15) is 4.79 Å². The monoisotopic (exact) mass is 358 g/mol. The van der Waals surface area contributed by atoms with Crippen LogP contribution in [0, 0.1) is 0 Å². The van der Waals surface area contributed by atoms with Gasteiger partial charge in [-0.3, -0.25) is 9.78 Å². The topological polar surface area (TPSA) is 61.0 Å². The van der Waals surface area contributed by atoms with Gasteiger partial charge in [0.15, 0.2) is 0 Å². The lowest BCUT2D eigenvalue weighted by Crippen LogP contribution is -2.31. The molecule has 1 aliphatic heterocycles. The minimum absolute atomic E-state index is 0.00547. The molecule has 2 aromatic heterocycles. The van der Waals surface area contributed by atoms with Gasteiger partial charge < -0.3 is 15.2 Å². The average molecular weight is 358 g/mol. The number of carbonyl (C=O) groups is 1. The maximum absolute atomic E-state index is 12.0. The molecule has 0 spiro atoms. The number of aromatic amines is 1. The number of hydrogen-bond donors (Lipinski definition) is 2. The smallest absolute Gasteiger partial charge is 0.253 e. The molecule has 0 unspecified atom stereocenters. The molecule has 27 heavy (non-hydrogen) atoms. The van der Waals surface area contributed by atoms with E-state index in [2.05, 4.69) is 50.5 Å². The van der Waals surface area contributed by atoms with Crippen LogP contribution in [0.15, 0.2) is 48.7 Å². The van der Waals surface area contributed by atoms with Crippen molar-refractivity contribution in [1.29, 1.82) is 0 Å². The van der Waals surface area contributed by atoms with Crippen LogP contribution in [-0.4, -0.2) is 36.5 Å². The van der Waals surface area contributed by atoms with Gasteiger partial charge in [0.05, 0.1) is 11.3 Å². The fourth-order valence-corrected chi connectivity index (χ4v) is 3.22. The zero-order valence-electron chi connectivity index (χ0n) is 15.5. The average Bonchev–Trinajstić information content (AvgIpc) is 3.13. The van der Waals surface area contributed by atoms with Crippen LogP contribution in [0.2, 0.25) is 0 Å². The Balaban J connectivity index is 1.57. The molecule has 1 aliphatic rings. The van der Waals surface area contributed by atoms with Crippen molar-refractivity contribution in [2.24, 2.45) is 0 Å². The van der Waals surface area contributed by atoms with Gasteiger partial charge in [0.2, 0.25) is 0 Å². The second kappa shape index (κ2) is 7.11. The molecule has 0 saturated heterocycles. The molecule has 2 N–H and O–H groups in total.